The summed E-state index contributed by atoms with van der Waals surface area (Å²) in [6.45, 7) is 0.225. The summed E-state index contributed by atoms with van der Waals surface area (Å²) in [7, 11) is 1.71. The first-order valence-electron chi connectivity index (χ1n) is 5.02. The van der Waals surface area contributed by atoms with Gasteiger partial charge in [0.1, 0.15) is 5.82 Å². The van der Waals surface area contributed by atoms with Gasteiger partial charge in [0, 0.05) is 7.05 Å². The average Bonchev–Trinajstić information content (AvgIpc) is 2.93. The summed E-state index contributed by atoms with van der Waals surface area (Å²) < 4.78 is 42.9. The maximum Gasteiger partial charge on any atom is 0.455 e. The molecule has 0 atom stereocenters. The molecule has 0 aromatic carbocycles. The number of hydrogen-bond donors (Lipinski definition) is 1. The Morgan fingerprint density at radius 3 is 2.63 bits per heavy atom. The highest BCUT2D eigenvalue weighted by atomic mass is 32.2. The van der Waals surface area contributed by atoms with Crippen LogP contribution in [-0.2, 0) is 25.5 Å². The molecule has 0 spiro atoms. The fourth-order valence-electron chi connectivity index (χ4n) is 1.20. The molecule has 0 saturated heterocycles. The predicted octanol–water partition coefficient (Wildman–Crippen LogP) is 0.968. The molecule has 2 rings (SSSR count). The van der Waals surface area contributed by atoms with Gasteiger partial charge in [-0.05, 0) is 0 Å². The average molecular weight is 294 g/mol. The van der Waals surface area contributed by atoms with Crippen LogP contribution >= 0.6 is 11.8 Å². The van der Waals surface area contributed by atoms with Crippen LogP contribution in [0.15, 0.2) is 9.68 Å². The summed E-state index contributed by atoms with van der Waals surface area (Å²) >= 11 is 1.13. The molecule has 0 unspecified atom stereocenters. The van der Waals surface area contributed by atoms with E-state index in [9.17, 15) is 13.2 Å². The quantitative estimate of drug-likeness (QED) is 0.839. The number of hydrogen-bond acceptors (Lipinski definition) is 7. The zero-order chi connectivity index (χ0) is 14.0. The lowest BCUT2D eigenvalue weighted by atomic mass is 10.6. The molecule has 0 aliphatic rings. The monoisotopic (exact) mass is 294 g/mol. The topological polar surface area (TPSA) is 95.7 Å². The second-order valence-corrected chi connectivity index (χ2v) is 4.40. The SMILES string of the molecule is Cn1c(CN)nnc1SCc1nc(C(F)(F)F)no1. The lowest BCUT2D eigenvalue weighted by Crippen LogP contribution is -2.07. The highest BCUT2D eigenvalue weighted by Gasteiger charge is 2.37. The zero-order valence-corrected chi connectivity index (χ0v) is 10.5. The standard InChI is InChI=1S/C8H9F3N6OS/c1-17-4(2-12)14-15-7(17)19-3-5-13-6(16-18-5)8(9,10)11/h2-3,12H2,1H3. The first-order chi connectivity index (χ1) is 8.91. The number of rotatable bonds is 4. The lowest BCUT2D eigenvalue weighted by Gasteiger charge is -1.99. The van der Waals surface area contributed by atoms with Crippen molar-refractivity contribution >= 4 is 11.8 Å². The van der Waals surface area contributed by atoms with Gasteiger partial charge < -0.3 is 14.8 Å². The molecule has 0 amide bonds. The Bertz CT molecular complexity index is 565. The maximum atomic E-state index is 12.2. The molecule has 2 aromatic heterocycles. The third-order valence-electron chi connectivity index (χ3n) is 2.15. The Balaban J connectivity index is 2.02. The van der Waals surface area contributed by atoms with Gasteiger partial charge in [0.2, 0.25) is 5.89 Å². The molecule has 2 aromatic rings. The van der Waals surface area contributed by atoms with Crippen LogP contribution in [-0.4, -0.2) is 24.9 Å². The van der Waals surface area contributed by atoms with Crippen molar-refractivity contribution in [1.29, 1.82) is 0 Å². The molecule has 0 bridgehead atoms. The van der Waals surface area contributed by atoms with Crippen LogP contribution in [0.3, 0.4) is 0 Å². The molecule has 104 valence electrons. The van der Waals surface area contributed by atoms with Crippen molar-refractivity contribution < 1.29 is 17.7 Å². The fourth-order valence-corrected chi connectivity index (χ4v) is 1.97. The molecule has 0 radical (unpaired) electrons. The largest absolute Gasteiger partial charge is 0.455 e. The van der Waals surface area contributed by atoms with Crippen molar-refractivity contribution in [3.63, 3.8) is 0 Å². The molecule has 2 N–H and O–H groups in total. The summed E-state index contributed by atoms with van der Waals surface area (Å²) in [5.41, 5.74) is 5.42. The van der Waals surface area contributed by atoms with Crippen LogP contribution < -0.4 is 5.73 Å². The van der Waals surface area contributed by atoms with Gasteiger partial charge in [-0.25, -0.2) is 0 Å². The number of halogens is 3. The predicted molar refractivity (Wildman–Crippen MR) is 57.8 cm³/mol. The van der Waals surface area contributed by atoms with E-state index in [1.807, 2.05) is 0 Å². The Kier molecular flexibility index (Phi) is 3.75. The van der Waals surface area contributed by atoms with Crippen molar-refractivity contribution in [2.45, 2.75) is 23.6 Å². The number of aromatic nitrogens is 5. The Morgan fingerprint density at radius 2 is 2.11 bits per heavy atom. The number of thioether (sulfide) groups is 1. The zero-order valence-electron chi connectivity index (χ0n) is 9.68. The van der Waals surface area contributed by atoms with Crippen molar-refractivity contribution in [1.82, 2.24) is 24.9 Å². The molecular weight excluding hydrogens is 285 g/mol. The minimum absolute atomic E-state index is 0.0691. The highest BCUT2D eigenvalue weighted by Crippen LogP contribution is 2.27. The molecule has 19 heavy (non-hydrogen) atoms. The molecule has 7 nitrogen and oxygen atoms in total. The number of alkyl halides is 3. The Labute approximate surface area is 109 Å². The van der Waals surface area contributed by atoms with Gasteiger partial charge >= 0.3 is 6.18 Å². The maximum absolute atomic E-state index is 12.2. The molecular formula is C8H9F3N6OS. The summed E-state index contributed by atoms with van der Waals surface area (Å²) in [5.74, 6) is -0.776. The Hall–Kier alpha value is -1.62. The van der Waals surface area contributed by atoms with Crippen molar-refractivity contribution in [3.8, 4) is 0 Å². The van der Waals surface area contributed by atoms with E-state index >= 15 is 0 Å². The summed E-state index contributed by atoms with van der Waals surface area (Å²) in [5, 5.41) is 11.0. The molecule has 2 heterocycles. The van der Waals surface area contributed by atoms with Crippen LogP contribution in [0, 0.1) is 0 Å². The first-order valence-corrected chi connectivity index (χ1v) is 6.01. The molecule has 11 heteroatoms. The third-order valence-corrected chi connectivity index (χ3v) is 3.16. The first kappa shape index (κ1) is 13.8. The summed E-state index contributed by atoms with van der Waals surface area (Å²) in [4.78, 5) is 3.25. The van der Waals surface area contributed by atoms with E-state index in [1.54, 1.807) is 11.6 Å². The summed E-state index contributed by atoms with van der Waals surface area (Å²) in [6.07, 6.45) is -4.61. The van der Waals surface area contributed by atoms with Gasteiger partial charge in [-0.15, -0.1) is 10.2 Å². The lowest BCUT2D eigenvalue weighted by molar-refractivity contribution is -0.146. The van der Waals surface area contributed by atoms with Crippen LogP contribution in [0.2, 0.25) is 0 Å². The summed E-state index contributed by atoms with van der Waals surface area (Å²) in [6, 6.07) is 0. The van der Waals surface area contributed by atoms with Crippen molar-refractivity contribution in [2.24, 2.45) is 12.8 Å². The van der Waals surface area contributed by atoms with E-state index in [0.717, 1.165) is 11.8 Å². The molecule has 0 fully saturated rings. The highest BCUT2D eigenvalue weighted by molar-refractivity contribution is 7.98. The van der Waals surface area contributed by atoms with Crippen molar-refractivity contribution in [3.05, 3.63) is 17.5 Å². The van der Waals surface area contributed by atoms with Gasteiger partial charge in [-0.3, -0.25) is 0 Å². The second-order valence-electron chi connectivity index (χ2n) is 3.46. The Morgan fingerprint density at radius 1 is 1.37 bits per heavy atom. The van der Waals surface area contributed by atoms with E-state index < -0.39 is 12.0 Å². The minimum atomic E-state index is -4.61. The fraction of sp³-hybridized carbons (Fsp3) is 0.500. The van der Waals surface area contributed by atoms with Crippen LogP contribution in [0.5, 0.6) is 0 Å². The van der Waals surface area contributed by atoms with Crippen LogP contribution in [0.4, 0.5) is 13.2 Å². The van der Waals surface area contributed by atoms with Gasteiger partial charge in [-0.2, -0.15) is 18.2 Å². The minimum Gasteiger partial charge on any atom is -0.338 e. The molecule has 0 saturated carbocycles. The van der Waals surface area contributed by atoms with E-state index in [0.29, 0.717) is 11.0 Å². The third kappa shape index (κ3) is 3.04. The van der Waals surface area contributed by atoms with E-state index in [1.165, 1.54) is 0 Å². The van der Waals surface area contributed by atoms with Gasteiger partial charge in [0.25, 0.3) is 5.82 Å². The molecule has 0 aliphatic carbocycles. The second kappa shape index (κ2) is 5.17. The van der Waals surface area contributed by atoms with Gasteiger partial charge in [0.05, 0.1) is 12.3 Å². The van der Waals surface area contributed by atoms with E-state index in [2.05, 4.69) is 24.9 Å². The smallest absolute Gasteiger partial charge is 0.338 e. The van der Waals surface area contributed by atoms with Gasteiger partial charge in [0.15, 0.2) is 5.16 Å². The molecule has 0 aliphatic heterocycles. The van der Waals surface area contributed by atoms with Crippen LogP contribution in [0.1, 0.15) is 17.5 Å². The number of nitrogens with zero attached hydrogens (tertiary/aromatic N) is 5. The van der Waals surface area contributed by atoms with Crippen LogP contribution in [0.25, 0.3) is 0 Å². The van der Waals surface area contributed by atoms with Gasteiger partial charge in [-0.1, -0.05) is 16.9 Å². The van der Waals surface area contributed by atoms with Crippen molar-refractivity contribution in [2.75, 3.05) is 0 Å². The number of nitrogens with two attached hydrogens (primary N) is 1. The van der Waals surface area contributed by atoms with E-state index in [4.69, 9.17) is 5.73 Å². The normalized spacial score (nSPS) is 12.1. The van der Waals surface area contributed by atoms with E-state index in [-0.39, 0.29) is 18.2 Å².